The number of carbonyl (C=O) groups is 1. The van der Waals surface area contributed by atoms with Gasteiger partial charge in [-0.25, -0.2) is 0 Å². The van der Waals surface area contributed by atoms with Crippen molar-refractivity contribution >= 4 is 30.0 Å². The number of hydrogen-bond donors (Lipinski definition) is 1. The van der Waals surface area contributed by atoms with E-state index in [1.807, 2.05) is 29.2 Å². The van der Waals surface area contributed by atoms with Crippen LogP contribution >= 0.6 is 24.0 Å². The molecule has 0 aliphatic carbocycles. The van der Waals surface area contributed by atoms with E-state index in [1.165, 1.54) is 0 Å². The van der Waals surface area contributed by atoms with Crippen LogP contribution in [0.5, 0.6) is 0 Å². The fraction of sp³-hybridized carbons (Fsp3) is 0.417. The van der Waals surface area contributed by atoms with Gasteiger partial charge >= 0.3 is 5.97 Å². The summed E-state index contributed by atoms with van der Waals surface area (Å²) in [7, 11) is 0. The van der Waals surface area contributed by atoms with Crippen molar-refractivity contribution in [3.63, 3.8) is 0 Å². The van der Waals surface area contributed by atoms with Gasteiger partial charge in [0.1, 0.15) is 0 Å². The lowest BCUT2D eigenvalue weighted by molar-refractivity contribution is -0.140. The molecular weight excluding hydrogens is 277 g/mol. The van der Waals surface area contributed by atoms with E-state index in [-0.39, 0.29) is 25.1 Å². The SMILES string of the molecule is Cl.O=C(O)CN1CCOC(c2ccccc2Cl)C1. The number of carboxylic acids is 1. The number of hydrogen-bond acceptors (Lipinski definition) is 3. The van der Waals surface area contributed by atoms with Gasteiger partial charge in [0.15, 0.2) is 0 Å². The number of aliphatic carboxylic acids is 1. The number of carboxylic acid groups (broad SMARTS) is 1. The first-order valence-electron chi connectivity index (χ1n) is 5.47. The maximum atomic E-state index is 10.7. The topological polar surface area (TPSA) is 49.8 Å². The molecule has 0 spiro atoms. The normalized spacial score (nSPS) is 20.2. The van der Waals surface area contributed by atoms with Crippen LogP contribution in [0.3, 0.4) is 0 Å². The molecule has 2 rings (SSSR count). The maximum absolute atomic E-state index is 10.7. The second kappa shape index (κ2) is 6.95. The Kier molecular flexibility index (Phi) is 5.88. The molecule has 4 nitrogen and oxygen atoms in total. The third-order valence-electron chi connectivity index (χ3n) is 2.76. The monoisotopic (exact) mass is 291 g/mol. The van der Waals surface area contributed by atoms with E-state index in [0.29, 0.717) is 24.7 Å². The molecule has 0 aromatic heterocycles. The zero-order chi connectivity index (χ0) is 12.3. The highest BCUT2D eigenvalue weighted by atomic mass is 35.5. The summed E-state index contributed by atoms with van der Waals surface area (Å²) in [6, 6.07) is 7.50. The van der Waals surface area contributed by atoms with Crippen LogP contribution in [0.4, 0.5) is 0 Å². The first kappa shape index (κ1) is 15.2. The summed E-state index contributed by atoms with van der Waals surface area (Å²) in [5.74, 6) is -0.815. The molecule has 100 valence electrons. The molecule has 1 saturated heterocycles. The smallest absolute Gasteiger partial charge is 0.317 e. The predicted molar refractivity (Wildman–Crippen MR) is 71.5 cm³/mol. The van der Waals surface area contributed by atoms with Crippen molar-refractivity contribution < 1.29 is 14.6 Å². The molecule has 0 radical (unpaired) electrons. The van der Waals surface area contributed by atoms with E-state index in [9.17, 15) is 4.79 Å². The second-order valence-corrected chi connectivity index (χ2v) is 4.42. The van der Waals surface area contributed by atoms with Crippen molar-refractivity contribution in [2.24, 2.45) is 0 Å². The molecule has 0 bridgehead atoms. The highest BCUT2D eigenvalue weighted by Gasteiger charge is 2.24. The Morgan fingerprint density at radius 3 is 2.89 bits per heavy atom. The molecule has 1 aliphatic rings. The fourth-order valence-electron chi connectivity index (χ4n) is 1.96. The first-order chi connectivity index (χ1) is 8.16. The Bertz CT molecular complexity index is 414. The highest BCUT2D eigenvalue weighted by Crippen LogP contribution is 2.28. The van der Waals surface area contributed by atoms with Crippen molar-refractivity contribution in [1.82, 2.24) is 4.90 Å². The lowest BCUT2D eigenvalue weighted by Gasteiger charge is -2.32. The molecule has 1 unspecified atom stereocenters. The van der Waals surface area contributed by atoms with Crippen LogP contribution in [0.25, 0.3) is 0 Å². The molecule has 0 saturated carbocycles. The van der Waals surface area contributed by atoms with Crippen molar-refractivity contribution in [2.45, 2.75) is 6.10 Å². The van der Waals surface area contributed by atoms with Gasteiger partial charge in [-0.15, -0.1) is 12.4 Å². The van der Waals surface area contributed by atoms with Crippen LogP contribution in [-0.4, -0.2) is 42.2 Å². The Morgan fingerprint density at radius 2 is 2.22 bits per heavy atom. The van der Waals surface area contributed by atoms with Crippen molar-refractivity contribution in [3.8, 4) is 0 Å². The zero-order valence-electron chi connectivity index (χ0n) is 9.71. The molecule has 6 heteroatoms. The average Bonchev–Trinajstić information content (AvgIpc) is 2.29. The second-order valence-electron chi connectivity index (χ2n) is 4.01. The average molecular weight is 292 g/mol. The molecule has 1 aromatic carbocycles. The van der Waals surface area contributed by atoms with Crippen molar-refractivity contribution in [3.05, 3.63) is 34.9 Å². The van der Waals surface area contributed by atoms with Gasteiger partial charge in [-0.2, -0.15) is 0 Å². The van der Waals surface area contributed by atoms with Gasteiger partial charge in [0.25, 0.3) is 0 Å². The summed E-state index contributed by atoms with van der Waals surface area (Å²) in [5.41, 5.74) is 0.921. The van der Waals surface area contributed by atoms with E-state index >= 15 is 0 Å². The molecule has 1 aliphatic heterocycles. The van der Waals surface area contributed by atoms with Gasteiger partial charge in [0.05, 0.1) is 19.3 Å². The quantitative estimate of drug-likeness (QED) is 0.928. The van der Waals surface area contributed by atoms with E-state index in [4.69, 9.17) is 21.4 Å². The number of nitrogens with zero attached hydrogens (tertiary/aromatic N) is 1. The highest BCUT2D eigenvalue weighted by molar-refractivity contribution is 6.31. The minimum absolute atomic E-state index is 0. The van der Waals surface area contributed by atoms with Crippen LogP contribution in [0, 0.1) is 0 Å². The standard InChI is InChI=1S/C12H14ClNO3.ClH/c13-10-4-2-1-3-9(10)11-7-14(5-6-17-11)8-12(15)16;/h1-4,11H,5-8H2,(H,15,16);1H. The van der Waals surface area contributed by atoms with E-state index < -0.39 is 5.97 Å². The number of benzene rings is 1. The van der Waals surface area contributed by atoms with E-state index in [2.05, 4.69) is 0 Å². The van der Waals surface area contributed by atoms with Gasteiger partial charge < -0.3 is 9.84 Å². The van der Waals surface area contributed by atoms with Gasteiger partial charge in [-0.05, 0) is 6.07 Å². The van der Waals surface area contributed by atoms with Crippen molar-refractivity contribution in [1.29, 1.82) is 0 Å². The molecule has 0 amide bonds. The molecule has 18 heavy (non-hydrogen) atoms. The third kappa shape index (κ3) is 3.85. The lowest BCUT2D eigenvalue weighted by atomic mass is 10.1. The summed E-state index contributed by atoms with van der Waals surface area (Å²) >= 11 is 6.10. The van der Waals surface area contributed by atoms with Crippen LogP contribution in [0.15, 0.2) is 24.3 Å². The molecule has 1 N–H and O–H groups in total. The molecule has 1 heterocycles. The summed E-state index contributed by atoms with van der Waals surface area (Å²) in [4.78, 5) is 12.5. The predicted octanol–water partition coefficient (Wildman–Crippen LogP) is 2.22. The van der Waals surface area contributed by atoms with Gasteiger partial charge in [-0.3, -0.25) is 9.69 Å². The Hall–Kier alpha value is -0.810. The minimum atomic E-state index is -0.815. The van der Waals surface area contributed by atoms with Crippen LogP contribution in [0.2, 0.25) is 5.02 Å². The minimum Gasteiger partial charge on any atom is -0.480 e. The fourth-order valence-corrected chi connectivity index (χ4v) is 2.22. The number of ether oxygens (including phenoxy) is 1. The number of morpholine rings is 1. The molecule has 1 aromatic rings. The van der Waals surface area contributed by atoms with Crippen LogP contribution in [0.1, 0.15) is 11.7 Å². The summed E-state index contributed by atoms with van der Waals surface area (Å²) in [6.45, 7) is 1.79. The number of rotatable bonds is 3. The Labute approximate surface area is 117 Å². The summed E-state index contributed by atoms with van der Waals surface area (Å²) in [6.07, 6.45) is -0.142. The summed E-state index contributed by atoms with van der Waals surface area (Å²) < 4.78 is 5.64. The Morgan fingerprint density at radius 1 is 1.50 bits per heavy atom. The third-order valence-corrected chi connectivity index (χ3v) is 3.11. The van der Waals surface area contributed by atoms with Gasteiger partial charge in [0, 0.05) is 23.7 Å². The lowest BCUT2D eigenvalue weighted by Crippen LogP contribution is -2.41. The van der Waals surface area contributed by atoms with Gasteiger partial charge in [0.2, 0.25) is 0 Å². The van der Waals surface area contributed by atoms with E-state index in [1.54, 1.807) is 0 Å². The number of halogens is 2. The zero-order valence-corrected chi connectivity index (χ0v) is 11.3. The Balaban J connectivity index is 0.00000162. The molecule has 1 atom stereocenters. The van der Waals surface area contributed by atoms with E-state index in [0.717, 1.165) is 5.56 Å². The largest absolute Gasteiger partial charge is 0.480 e. The van der Waals surface area contributed by atoms with Crippen LogP contribution < -0.4 is 0 Å². The van der Waals surface area contributed by atoms with Crippen LogP contribution in [-0.2, 0) is 9.53 Å². The molecule has 1 fully saturated rings. The summed E-state index contributed by atoms with van der Waals surface area (Å²) in [5, 5.41) is 9.43. The van der Waals surface area contributed by atoms with Crippen molar-refractivity contribution in [2.75, 3.05) is 26.2 Å². The molecular formula is C12H15Cl2NO3. The van der Waals surface area contributed by atoms with Gasteiger partial charge in [-0.1, -0.05) is 29.8 Å². The first-order valence-corrected chi connectivity index (χ1v) is 5.85. The maximum Gasteiger partial charge on any atom is 0.317 e.